The number of pyridine rings is 1. The third-order valence-corrected chi connectivity index (χ3v) is 9.71. The van der Waals surface area contributed by atoms with Crippen molar-refractivity contribution in [1.82, 2.24) is 14.9 Å². The van der Waals surface area contributed by atoms with Crippen LogP contribution >= 0.6 is 11.3 Å². The number of anilines is 2. The minimum Gasteiger partial charge on any atom is -0.354 e. The zero-order valence-corrected chi connectivity index (χ0v) is 23.2. The number of thiazole rings is 1. The maximum atomic E-state index is 14.1. The van der Waals surface area contributed by atoms with E-state index in [1.807, 2.05) is 54.9 Å². The van der Waals surface area contributed by atoms with E-state index >= 15 is 0 Å². The lowest BCUT2D eigenvalue weighted by Crippen LogP contribution is -2.53. The molecule has 1 N–H and O–H groups in total. The number of carbonyl (C=O) groups is 1. The van der Waals surface area contributed by atoms with Gasteiger partial charge in [-0.15, -0.1) is 11.3 Å². The molecule has 200 valence electrons. The summed E-state index contributed by atoms with van der Waals surface area (Å²) in [6.45, 7) is 14.8. The van der Waals surface area contributed by atoms with E-state index in [1.165, 1.54) is 11.3 Å². The van der Waals surface area contributed by atoms with Crippen LogP contribution in [0.3, 0.4) is 0 Å². The van der Waals surface area contributed by atoms with Gasteiger partial charge in [0.05, 0.1) is 11.1 Å². The number of benzene rings is 2. The lowest BCUT2D eigenvalue weighted by atomic mass is 9.49. The molecule has 7 nitrogen and oxygen atoms in total. The third kappa shape index (κ3) is 3.84. The largest absolute Gasteiger partial charge is 0.354 e. The Labute approximate surface area is 238 Å². The van der Waals surface area contributed by atoms with Crippen molar-refractivity contribution in [2.75, 3.05) is 36.4 Å². The minimum absolute atomic E-state index is 0.0700. The summed E-state index contributed by atoms with van der Waals surface area (Å²) in [6.07, 6.45) is 2.29. The van der Waals surface area contributed by atoms with Crippen LogP contribution in [0.15, 0.2) is 78.3 Å². The van der Waals surface area contributed by atoms with Crippen molar-refractivity contribution >= 4 is 28.2 Å². The summed E-state index contributed by atoms with van der Waals surface area (Å²) in [6, 6.07) is 22.4. The van der Waals surface area contributed by atoms with Crippen molar-refractivity contribution < 1.29 is 4.79 Å². The first kappa shape index (κ1) is 24.9. The summed E-state index contributed by atoms with van der Waals surface area (Å²) in [5.41, 5.74) is 3.59. The van der Waals surface area contributed by atoms with Crippen molar-refractivity contribution in [3.63, 3.8) is 0 Å². The minimum atomic E-state index is -0.862. The standard InChI is InChI=1S/C32H30N6OS/c1-31(21-32(33-2)25-11-5-3-9-23(25)28(31)24-10-4-6-12-26(24)32)29(39)36-30-35-22(20-40-30)19-37-15-17-38(18-16-37)27-13-7-8-14-34-27/h3-14,20,28H,15-19,21H2,1H3,(H,35,36,39). The van der Waals surface area contributed by atoms with E-state index in [2.05, 4.69) is 55.3 Å². The molecule has 1 saturated heterocycles. The van der Waals surface area contributed by atoms with Gasteiger partial charge in [0.15, 0.2) is 5.13 Å². The topological polar surface area (TPSA) is 65.7 Å². The summed E-state index contributed by atoms with van der Waals surface area (Å²) in [4.78, 5) is 32.3. The van der Waals surface area contributed by atoms with E-state index in [9.17, 15) is 4.79 Å². The van der Waals surface area contributed by atoms with Gasteiger partial charge in [0, 0.05) is 67.8 Å². The van der Waals surface area contributed by atoms with Gasteiger partial charge < -0.3 is 10.2 Å². The van der Waals surface area contributed by atoms with Gasteiger partial charge in [-0.3, -0.25) is 14.5 Å². The molecule has 40 heavy (non-hydrogen) atoms. The maximum Gasteiger partial charge on any atom is 0.284 e. The Kier molecular flexibility index (Phi) is 5.95. The van der Waals surface area contributed by atoms with Crippen molar-refractivity contribution in [1.29, 1.82) is 0 Å². The zero-order valence-electron chi connectivity index (χ0n) is 22.4. The highest BCUT2D eigenvalue weighted by molar-refractivity contribution is 7.13. The summed E-state index contributed by atoms with van der Waals surface area (Å²) in [7, 11) is 0. The van der Waals surface area contributed by atoms with Crippen LogP contribution in [-0.4, -0.2) is 47.0 Å². The molecule has 1 aliphatic heterocycles. The van der Waals surface area contributed by atoms with Gasteiger partial charge in [0.2, 0.25) is 5.91 Å². The first-order chi connectivity index (χ1) is 19.5. The molecule has 0 radical (unpaired) electrons. The van der Waals surface area contributed by atoms with Crippen LogP contribution in [-0.2, 0) is 16.9 Å². The van der Waals surface area contributed by atoms with E-state index in [0.717, 1.165) is 66.5 Å². The van der Waals surface area contributed by atoms with E-state index in [-0.39, 0.29) is 11.8 Å². The Hall–Kier alpha value is -4.06. The van der Waals surface area contributed by atoms with Gasteiger partial charge in [0.1, 0.15) is 5.82 Å². The molecule has 0 spiro atoms. The van der Waals surface area contributed by atoms with Crippen molar-refractivity contribution in [2.45, 2.75) is 31.3 Å². The average molecular weight is 547 g/mol. The summed E-state index contributed by atoms with van der Waals surface area (Å²) < 4.78 is 0. The Bertz CT molecular complexity index is 1570. The van der Waals surface area contributed by atoms with Crippen LogP contribution in [0.25, 0.3) is 4.85 Å². The predicted octanol–water partition coefficient (Wildman–Crippen LogP) is 5.52. The SMILES string of the molecule is [C-]#[N+]C12CC(C)(C(=O)Nc3nc(CN4CCN(c5ccccn5)CC4)cs3)C(c3ccccc31)c1ccccc12. The molecular formula is C32H30N6OS. The summed E-state index contributed by atoms with van der Waals surface area (Å²) >= 11 is 1.47. The molecule has 1 unspecified atom stereocenters. The molecule has 2 aromatic carbocycles. The highest BCUT2D eigenvalue weighted by Gasteiger charge is 2.64. The maximum absolute atomic E-state index is 14.1. The molecule has 4 aliphatic rings. The molecule has 4 aromatic rings. The van der Waals surface area contributed by atoms with E-state index in [1.54, 1.807) is 0 Å². The molecule has 8 rings (SSSR count). The number of nitrogens with zero attached hydrogens (tertiary/aromatic N) is 5. The monoisotopic (exact) mass is 546 g/mol. The van der Waals surface area contributed by atoms with Gasteiger partial charge in [-0.1, -0.05) is 54.6 Å². The van der Waals surface area contributed by atoms with Crippen LogP contribution in [0, 0.1) is 12.0 Å². The Morgan fingerprint density at radius 2 is 1.70 bits per heavy atom. The fourth-order valence-electron chi connectivity index (χ4n) is 7.03. The molecule has 1 amide bonds. The number of piperazine rings is 1. The second kappa shape index (κ2) is 9.54. The number of carbonyl (C=O) groups excluding carboxylic acids is 1. The highest BCUT2D eigenvalue weighted by Crippen LogP contribution is 2.64. The van der Waals surface area contributed by atoms with Gasteiger partial charge >= 0.3 is 0 Å². The average Bonchev–Trinajstić information content (AvgIpc) is 3.44. The fraction of sp³-hybridized carbons (Fsp3) is 0.312. The predicted molar refractivity (Wildman–Crippen MR) is 157 cm³/mol. The Morgan fingerprint density at radius 1 is 1.02 bits per heavy atom. The molecule has 3 aliphatic carbocycles. The van der Waals surface area contributed by atoms with Crippen LogP contribution in [0.1, 0.15) is 47.2 Å². The first-order valence-corrected chi connectivity index (χ1v) is 14.6. The van der Waals surface area contributed by atoms with Crippen molar-refractivity contribution in [3.8, 4) is 0 Å². The molecule has 2 bridgehead atoms. The van der Waals surface area contributed by atoms with E-state index in [0.29, 0.717) is 11.6 Å². The first-order valence-electron chi connectivity index (χ1n) is 13.7. The van der Waals surface area contributed by atoms with Gasteiger partial charge in [-0.2, -0.15) is 0 Å². The lowest BCUT2D eigenvalue weighted by molar-refractivity contribution is -0.127. The molecule has 8 heteroatoms. The second-order valence-electron chi connectivity index (χ2n) is 11.2. The normalized spacial score (nSPS) is 25.1. The molecule has 2 aromatic heterocycles. The molecule has 1 atom stereocenters. The Morgan fingerprint density at radius 3 is 2.35 bits per heavy atom. The van der Waals surface area contributed by atoms with Crippen molar-refractivity contribution in [3.05, 3.63) is 118 Å². The van der Waals surface area contributed by atoms with Crippen LogP contribution in [0.4, 0.5) is 10.9 Å². The summed E-state index contributed by atoms with van der Waals surface area (Å²) in [5.74, 6) is 0.841. The molecule has 1 fully saturated rings. The highest BCUT2D eigenvalue weighted by atomic mass is 32.1. The molecule has 3 heterocycles. The fourth-order valence-corrected chi connectivity index (χ4v) is 7.72. The van der Waals surface area contributed by atoms with Crippen molar-refractivity contribution in [2.24, 2.45) is 5.41 Å². The van der Waals surface area contributed by atoms with Gasteiger partial charge in [-0.05, 0) is 30.2 Å². The number of rotatable bonds is 5. The quantitative estimate of drug-likeness (QED) is 0.334. The van der Waals surface area contributed by atoms with Crippen LogP contribution in [0.2, 0.25) is 0 Å². The molecule has 0 saturated carbocycles. The number of amides is 1. The number of hydrogen-bond acceptors (Lipinski definition) is 6. The number of hydrogen-bond donors (Lipinski definition) is 1. The zero-order chi connectivity index (χ0) is 27.3. The van der Waals surface area contributed by atoms with Gasteiger partial charge in [-0.25, -0.2) is 16.5 Å². The van der Waals surface area contributed by atoms with E-state index in [4.69, 9.17) is 11.6 Å². The Balaban J connectivity index is 1.09. The number of nitrogens with one attached hydrogen (secondary N) is 1. The van der Waals surface area contributed by atoms with E-state index < -0.39 is 11.0 Å². The summed E-state index contributed by atoms with van der Waals surface area (Å²) in [5, 5.41) is 5.82. The van der Waals surface area contributed by atoms with Crippen LogP contribution in [0.5, 0.6) is 0 Å². The lowest BCUT2D eigenvalue weighted by Gasteiger charge is -2.51. The smallest absolute Gasteiger partial charge is 0.284 e. The second-order valence-corrected chi connectivity index (χ2v) is 12.1. The van der Waals surface area contributed by atoms with Crippen LogP contribution < -0.4 is 10.2 Å². The van der Waals surface area contributed by atoms with Gasteiger partial charge in [0.25, 0.3) is 5.54 Å². The number of fused-ring (bicyclic) bond motifs is 1. The molecular weight excluding hydrogens is 516 g/mol. The number of aromatic nitrogens is 2. The third-order valence-electron chi connectivity index (χ3n) is 8.91.